The molecule has 2 aliphatic rings. The monoisotopic (exact) mass is 240 g/mol. The molecule has 0 radical (unpaired) electrons. The Labute approximate surface area is 107 Å². The zero-order valence-electron chi connectivity index (χ0n) is 10.4. The Morgan fingerprint density at radius 3 is 2.83 bits per heavy atom. The van der Waals surface area contributed by atoms with E-state index in [1.165, 1.54) is 0 Å². The third-order valence-electron chi connectivity index (χ3n) is 4.12. The summed E-state index contributed by atoms with van der Waals surface area (Å²) in [6, 6.07) is 10.1. The van der Waals surface area contributed by atoms with Crippen molar-refractivity contribution < 1.29 is 4.79 Å². The van der Waals surface area contributed by atoms with Gasteiger partial charge in [-0.3, -0.25) is 4.79 Å². The summed E-state index contributed by atoms with van der Waals surface area (Å²) < 4.78 is 0. The summed E-state index contributed by atoms with van der Waals surface area (Å²) in [7, 11) is 0. The third-order valence-corrected chi connectivity index (χ3v) is 4.12. The lowest BCUT2D eigenvalue weighted by molar-refractivity contribution is 0.0702. The number of carbonyl (C=O) groups excluding carboxylic acids is 1. The van der Waals surface area contributed by atoms with Gasteiger partial charge in [0.1, 0.15) is 0 Å². The molecule has 1 saturated carbocycles. The Bertz CT molecular complexity index is 526. The summed E-state index contributed by atoms with van der Waals surface area (Å²) >= 11 is 0. The van der Waals surface area contributed by atoms with Crippen LogP contribution in [0.4, 0.5) is 0 Å². The molecule has 1 heterocycles. The standard InChI is InChI=1S/C15H16N2O/c16-9-8-15(6-7-15)11-17-10-5-12-3-1-2-4-13(12)14(17)18/h1-4H,5-8,10-11H2. The zero-order valence-corrected chi connectivity index (χ0v) is 10.4. The SMILES string of the molecule is N#CCC1(CN2CCc3ccccc3C2=O)CC1. The lowest BCUT2D eigenvalue weighted by atomic mass is 9.96. The van der Waals surface area contributed by atoms with Crippen molar-refractivity contribution in [2.75, 3.05) is 13.1 Å². The van der Waals surface area contributed by atoms with E-state index < -0.39 is 0 Å². The van der Waals surface area contributed by atoms with Gasteiger partial charge in [0, 0.05) is 30.5 Å². The van der Waals surface area contributed by atoms with Gasteiger partial charge in [-0.1, -0.05) is 18.2 Å². The minimum Gasteiger partial charge on any atom is -0.338 e. The largest absolute Gasteiger partial charge is 0.338 e. The number of nitriles is 1. The van der Waals surface area contributed by atoms with Gasteiger partial charge in [0.25, 0.3) is 5.91 Å². The maximum atomic E-state index is 12.4. The average molecular weight is 240 g/mol. The molecule has 1 aliphatic heterocycles. The number of amides is 1. The van der Waals surface area contributed by atoms with E-state index in [0.717, 1.165) is 43.5 Å². The van der Waals surface area contributed by atoms with Crippen molar-refractivity contribution in [1.82, 2.24) is 4.90 Å². The molecule has 1 aliphatic carbocycles. The first-order valence-electron chi connectivity index (χ1n) is 6.48. The van der Waals surface area contributed by atoms with Crippen LogP contribution in [0.5, 0.6) is 0 Å². The summed E-state index contributed by atoms with van der Waals surface area (Å²) in [4.78, 5) is 14.3. The van der Waals surface area contributed by atoms with Gasteiger partial charge in [0.2, 0.25) is 0 Å². The van der Waals surface area contributed by atoms with Crippen molar-refractivity contribution in [1.29, 1.82) is 5.26 Å². The first kappa shape index (κ1) is 11.3. The van der Waals surface area contributed by atoms with Crippen LogP contribution in [0.15, 0.2) is 24.3 Å². The van der Waals surface area contributed by atoms with Gasteiger partial charge in [-0.25, -0.2) is 0 Å². The van der Waals surface area contributed by atoms with Gasteiger partial charge in [0.05, 0.1) is 6.07 Å². The number of nitrogens with zero attached hydrogens (tertiary/aromatic N) is 2. The van der Waals surface area contributed by atoms with Crippen LogP contribution >= 0.6 is 0 Å². The van der Waals surface area contributed by atoms with Gasteiger partial charge in [0.15, 0.2) is 0 Å². The van der Waals surface area contributed by atoms with Crippen molar-refractivity contribution >= 4 is 5.91 Å². The van der Waals surface area contributed by atoms with Crippen LogP contribution in [0.25, 0.3) is 0 Å². The fourth-order valence-corrected chi connectivity index (χ4v) is 2.77. The van der Waals surface area contributed by atoms with Gasteiger partial charge in [-0.2, -0.15) is 5.26 Å². The molecule has 0 aromatic heterocycles. The molecule has 0 spiro atoms. The van der Waals surface area contributed by atoms with Crippen molar-refractivity contribution in [3.63, 3.8) is 0 Å². The lowest BCUT2D eigenvalue weighted by Crippen LogP contribution is -2.41. The van der Waals surface area contributed by atoms with E-state index >= 15 is 0 Å². The molecule has 3 nitrogen and oxygen atoms in total. The Kier molecular flexibility index (Phi) is 2.59. The molecule has 0 unspecified atom stereocenters. The molecule has 1 aromatic rings. The topological polar surface area (TPSA) is 44.1 Å². The molecule has 0 atom stereocenters. The maximum absolute atomic E-state index is 12.4. The van der Waals surface area contributed by atoms with Gasteiger partial charge < -0.3 is 4.90 Å². The molecule has 3 heteroatoms. The Morgan fingerprint density at radius 1 is 1.33 bits per heavy atom. The molecule has 3 rings (SSSR count). The number of carbonyl (C=O) groups is 1. The van der Waals surface area contributed by atoms with Crippen LogP contribution < -0.4 is 0 Å². The van der Waals surface area contributed by atoms with Gasteiger partial charge in [-0.15, -0.1) is 0 Å². The van der Waals surface area contributed by atoms with Crippen molar-refractivity contribution in [2.45, 2.75) is 25.7 Å². The number of rotatable bonds is 3. The smallest absolute Gasteiger partial charge is 0.254 e. The van der Waals surface area contributed by atoms with E-state index in [9.17, 15) is 4.79 Å². The predicted molar refractivity (Wildman–Crippen MR) is 67.9 cm³/mol. The lowest BCUT2D eigenvalue weighted by Gasteiger charge is -2.31. The number of fused-ring (bicyclic) bond motifs is 1. The molecule has 92 valence electrons. The molecule has 0 saturated heterocycles. The minimum atomic E-state index is 0.108. The second-order valence-electron chi connectivity index (χ2n) is 5.47. The van der Waals surface area contributed by atoms with Crippen LogP contribution in [0.2, 0.25) is 0 Å². The fraction of sp³-hybridized carbons (Fsp3) is 0.467. The highest BCUT2D eigenvalue weighted by Gasteiger charge is 2.45. The normalized spacial score (nSPS) is 20.2. The van der Waals surface area contributed by atoms with Crippen molar-refractivity contribution in [2.24, 2.45) is 5.41 Å². The Balaban J connectivity index is 1.77. The highest BCUT2D eigenvalue weighted by molar-refractivity contribution is 5.96. The van der Waals surface area contributed by atoms with E-state index in [1.807, 2.05) is 29.2 Å². The van der Waals surface area contributed by atoms with Gasteiger partial charge in [-0.05, 0) is 30.9 Å². The molecule has 18 heavy (non-hydrogen) atoms. The highest BCUT2D eigenvalue weighted by atomic mass is 16.2. The van der Waals surface area contributed by atoms with E-state index in [4.69, 9.17) is 5.26 Å². The first-order chi connectivity index (χ1) is 8.74. The second-order valence-corrected chi connectivity index (χ2v) is 5.47. The summed E-state index contributed by atoms with van der Waals surface area (Å²) in [5.41, 5.74) is 2.11. The fourth-order valence-electron chi connectivity index (χ4n) is 2.77. The molecule has 0 bridgehead atoms. The van der Waals surface area contributed by atoms with Crippen LogP contribution in [0, 0.1) is 16.7 Å². The highest BCUT2D eigenvalue weighted by Crippen LogP contribution is 2.49. The van der Waals surface area contributed by atoms with E-state index in [-0.39, 0.29) is 11.3 Å². The molecule has 1 aromatic carbocycles. The summed E-state index contributed by atoms with van der Waals surface area (Å²) in [5.74, 6) is 0.140. The van der Waals surface area contributed by atoms with E-state index in [2.05, 4.69) is 6.07 Å². The van der Waals surface area contributed by atoms with Crippen molar-refractivity contribution in [3.05, 3.63) is 35.4 Å². The summed E-state index contributed by atoms with van der Waals surface area (Å²) in [6.45, 7) is 1.55. The molecular formula is C15H16N2O. The van der Waals surface area contributed by atoms with Crippen LogP contribution in [0.1, 0.15) is 35.2 Å². The maximum Gasteiger partial charge on any atom is 0.254 e. The van der Waals surface area contributed by atoms with Crippen molar-refractivity contribution in [3.8, 4) is 6.07 Å². The zero-order chi connectivity index (χ0) is 12.6. The molecule has 0 N–H and O–H groups in total. The minimum absolute atomic E-state index is 0.108. The quantitative estimate of drug-likeness (QED) is 0.814. The number of hydrogen-bond acceptors (Lipinski definition) is 2. The summed E-state index contributed by atoms with van der Waals surface area (Å²) in [5, 5.41) is 8.84. The van der Waals surface area contributed by atoms with Crippen LogP contribution in [0.3, 0.4) is 0 Å². The summed E-state index contributed by atoms with van der Waals surface area (Å²) in [6.07, 6.45) is 3.70. The Morgan fingerprint density at radius 2 is 2.11 bits per heavy atom. The van der Waals surface area contributed by atoms with Gasteiger partial charge >= 0.3 is 0 Å². The molecule has 1 amide bonds. The van der Waals surface area contributed by atoms with Crippen LogP contribution in [-0.2, 0) is 6.42 Å². The second kappa shape index (κ2) is 4.13. The average Bonchev–Trinajstić information content (AvgIpc) is 3.14. The van der Waals surface area contributed by atoms with Crippen LogP contribution in [-0.4, -0.2) is 23.9 Å². The molecular weight excluding hydrogens is 224 g/mol. The van der Waals surface area contributed by atoms with E-state index in [1.54, 1.807) is 0 Å². The number of benzene rings is 1. The third kappa shape index (κ3) is 1.88. The molecule has 1 fully saturated rings. The number of hydrogen-bond donors (Lipinski definition) is 0. The predicted octanol–water partition coefficient (Wildman–Crippen LogP) is 2.38. The Hall–Kier alpha value is -1.82. The van der Waals surface area contributed by atoms with E-state index in [0.29, 0.717) is 6.42 Å². The first-order valence-corrected chi connectivity index (χ1v) is 6.48.